The van der Waals surface area contributed by atoms with Gasteiger partial charge in [0.05, 0.1) is 37.4 Å². The van der Waals surface area contributed by atoms with Gasteiger partial charge < -0.3 is 9.84 Å². The Labute approximate surface area is 204 Å². The number of thiazole rings is 1. The second-order valence-electron chi connectivity index (χ2n) is 7.05. The Hall–Kier alpha value is -2.49. The van der Waals surface area contributed by atoms with E-state index in [-0.39, 0.29) is 17.9 Å². The SMILES string of the molecule is CCOC(=O)C1=C(C)N=c2s/c(=C\c3cc(Br)c(O)c(Br)c3)c(=O)n2[C@H]1c1ccccc1. The van der Waals surface area contributed by atoms with Gasteiger partial charge in [-0.25, -0.2) is 9.79 Å². The van der Waals surface area contributed by atoms with Gasteiger partial charge in [0, 0.05) is 0 Å². The predicted octanol–water partition coefficient (Wildman–Crippen LogP) is 4.03. The minimum Gasteiger partial charge on any atom is -0.506 e. The molecule has 4 rings (SSSR count). The van der Waals surface area contributed by atoms with E-state index < -0.39 is 12.0 Å². The van der Waals surface area contributed by atoms with Crippen LogP contribution in [-0.2, 0) is 9.53 Å². The van der Waals surface area contributed by atoms with Gasteiger partial charge in [-0.1, -0.05) is 41.7 Å². The molecule has 32 heavy (non-hydrogen) atoms. The van der Waals surface area contributed by atoms with E-state index in [1.165, 1.54) is 11.3 Å². The molecule has 3 aromatic rings. The number of aromatic hydroxyl groups is 1. The van der Waals surface area contributed by atoms with Crippen molar-refractivity contribution in [1.29, 1.82) is 0 Å². The number of halogens is 2. The fourth-order valence-electron chi connectivity index (χ4n) is 3.56. The van der Waals surface area contributed by atoms with Crippen LogP contribution in [0.1, 0.15) is 31.0 Å². The van der Waals surface area contributed by atoms with Gasteiger partial charge in [-0.3, -0.25) is 9.36 Å². The maximum atomic E-state index is 13.5. The molecule has 0 bridgehead atoms. The minimum atomic E-state index is -0.632. The quantitative estimate of drug-likeness (QED) is 0.475. The van der Waals surface area contributed by atoms with E-state index in [4.69, 9.17) is 4.74 Å². The molecule has 0 saturated heterocycles. The number of nitrogens with zero attached hydrogens (tertiary/aromatic N) is 2. The van der Waals surface area contributed by atoms with E-state index in [0.29, 0.717) is 29.5 Å². The number of phenols is 1. The summed E-state index contributed by atoms with van der Waals surface area (Å²) in [5.41, 5.74) is 2.15. The van der Waals surface area contributed by atoms with E-state index in [2.05, 4.69) is 36.9 Å². The number of benzene rings is 2. The number of hydrogen-bond acceptors (Lipinski definition) is 6. The number of carbonyl (C=O) groups is 1. The fourth-order valence-corrected chi connectivity index (χ4v) is 5.83. The van der Waals surface area contributed by atoms with Crippen molar-refractivity contribution in [1.82, 2.24) is 4.57 Å². The third-order valence-electron chi connectivity index (χ3n) is 4.97. The fraction of sp³-hybridized carbons (Fsp3) is 0.174. The molecular weight excluding hydrogens is 560 g/mol. The molecule has 2 heterocycles. The largest absolute Gasteiger partial charge is 0.506 e. The molecule has 9 heteroatoms. The molecule has 0 amide bonds. The monoisotopic (exact) mass is 576 g/mol. The van der Waals surface area contributed by atoms with Crippen LogP contribution >= 0.6 is 43.2 Å². The van der Waals surface area contributed by atoms with Gasteiger partial charge in [-0.15, -0.1) is 0 Å². The number of fused-ring (bicyclic) bond motifs is 1. The number of phenolic OH excluding ortho intramolecular Hbond substituents is 1. The normalized spacial score (nSPS) is 16.0. The standard InChI is InChI=1S/C23H18Br2N2O4S/c1-3-31-22(30)18-12(2)26-23-27(19(18)14-7-5-4-6-8-14)21(29)17(32-23)11-13-9-15(24)20(28)16(25)10-13/h4-11,19,28H,3H2,1-2H3/b17-11-/t19-/m0/s1. The van der Waals surface area contributed by atoms with Crippen LogP contribution < -0.4 is 14.9 Å². The number of aromatic nitrogens is 1. The minimum absolute atomic E-state index is 0.0855. The van der Waals surface area contributed by atoms with Crippen molar-refractivity contribution >= 4 is 55.2 Å². The van der Waals surface area contributed by atoms with Crippen molar-refractivity contribution in [2.24, 2.45) is 4.99 Å². The molecule has 0 unspecified atom stereocenters. The van der Waals surface area contributed by atoms with Gasteiger partial charge in [0.2, 0.25) is 0 Å². The topological polar surface area (TPSA) is 80.9 Å². The van der Waals surface area contributed by atoms with Gasteiger partial charge in [0.15, 0.2) is 4.80 Å². The highest BCUT2D eigenvalue weighted by molar-refractivity contribution is 9.11. The molecule has 1 aromatic heterocycles. The average molecular weight is 578 g/mol. The zero-order valence-corrected chi connectivity index (χ0v) is 21.1. The molecule has 0 saturated carbocycles. The van der Waals surface area contributed by atoms with E-state index in [0.717, 1.165) is 11.1 Å². The summed E-state index contributed by atoms with van der Waals surface area (Å²) in [5.74, 6) is -0.398. The number of carbonyl (C=O) groups excluding carboxylic acids is 1. The van der Waals surface area contributed by atoms with E-state index in [1.807, 2.05) is 30.3 Å². The number of allylic oxidation sites excluding steroid dienone is 1. The van der Waals surface area contributed by atoms with Crippen LogP contribution in [0.2, 0.25) is 0 Å². The van der Waals surface area contributed by atoms with Gasteiger partial charge in [-0.05, 0) is 75.0 Å². The van der Waals surface area contributed by atoms with Crippen LogP contribution in [0, 0.1) is 0 Å². The lowest BCUT2D eigenvalue weighted by Crippen LogP contribution is -2.39. The summed E-state index contributed by atoms with van der Waals surface area (Å²) in [4.78, 5) is 31.4. The third-order valence-corrected chi connectivity index (χ3v) is 7.16. The molecule has 0 aliphatic carbocycles. The zero-order chi connectivity index (χ0) is 23.0. The lowest BCUT2D eigenvalue weighted by molar-refractivity contribution is -0.139. The molecule has 1 aliphatic heterocycles. The van der Waals surface area contributed by atoms with Gasteiger partial charge in [-0.2, -0.15) is 0 Å². The summed E-state index contributed by atoms with van der Waals surface area (Å²) in [5, 5.41) is 9.96. The maximum absolute atomic E-state index is 13.5. The van der Waals surface area contributed by atoms with Crippen molar-refractivity contribution in [2.45, 2.75) is 19.9 Å². The van der Waals surface area contributed by atoms with Crippen molar-refractivity contribution in [3.8, 4) is 5.75 Å². The van der Waals surface area contributed by atoms with Crippen molar-refractivity contribution in [2.75, 3.05) is 6.61 Å². The molecule has 1 aliphatic rings. The Kier molecular flexibility index (Phi) is 6.50. The Morgan fingerprint density at radius 3 is 2.53 bits per heavy atom. The number of ether oxygens (including phenoxy) is 1. The summed E-state index contributed by atoms with van der Waals surface area (Å²) < 4.78 is 8.32. The first-order chi connectivity index (χ1) is 15.3. The molecule has 164 valence electrons. The first kappa shape index (κ1) is 22.7. The first-order valence-electron chi connectivity index (χ1n) is 9.74. The summed E-state index contributed by atoms with van der Waals surface area (Å²) in [6, 6.07) is 12.2. The lowest BCUT2D eigenvalue weighted by atomic mass is 9.96. The maximum Gasteiger partial charge on any atom is 0.338 e. The third kappa shape index (κ3) is 4.12. The summed E-state index contributed by atoms with van der Waals surface area (Å²) >= 11 is 7.88. The van der Waals surface area contributed by atoms with E-state index >= 15 is 0 Å². The Balaban J connectivity index is 1.96. The number of rotatable bonds is 4. The van der Waals surface area contributed by atoms with Crippen LogP contribution in [-0.4, -0.2) is 22.2 Å². The summed E-state index contributed by atoms with van der Waals surface area (Å²) in [6.07, 6.45) is 1.74. The summed E-state index contributed by atoms with van der Waals surface area (Å²) in [6.45, 7) is 3.73. The smallest absolute Gasteiger partial charge is 0.338 e. The highest BCUT2D eigenvalue weighted by Crippen LogP contribution is 2.34. The molecule has 0 radical (unpaired) electrons. The van der Waals surface area contributed by atoms with Crippen LogP contribution in [0.3, 0.4) is 0 Å². The molecule has 1 N–H and O–H groups in total. The van der Waals surface area contributed by atoms with Crippen LogP contribution in [0.4, 0.5) is 0 Å². The number of hydrogen-bond donors (Lipinski definition) is 1. The molecule has 1 atom stereocenters. The predicted molar refractivity (Wildman–Crippen MR) is 130 cm³/mol. The summed E-state index contributed by atoms with van der Waals surface area (Å²) in [7, 11) is 0. The van der Waals surface area contributed by atoms with Gasteiger partial charge in [0.1, 0.15) is 5.75 Å². The van der Waals surface area contributed by atoms with Crippen molar-refractivity contribution in [3.63, 3.8) is 0 Å². The first-order valence-corrected chi connectivity index (χ1v) is 12.1. The van der Waals surface area contributed by atoms with Crippen molar-refractivity contribution < 1.29 is 14.6 Å². The van der Waals surface area contributed by atoms with Crippen LogP contribution in [0.25, 0.3) is 6.08 Å². The second kappa shape index (κ2) is 9.17. The van der Waals surface area contributed by atoms with Gasteiger partial charge >= 0.3 is 5.97 Å². The van der Waals surface area contributed by atoms with Crippen LogP contribution in [0.5, 0.6) is 5.75 Å². The lowest BCUT2D eigenvalue weighted by Gasteiger charge is -2.24. The Morgan fingerprint density at radius 2 is 1.91 bits per heavy atom. The Morgan fingerprint density at radius 1 is 1.25 bits per heavy atom. The number of esters is 1. The molecular formula is C23H18Br2N2O4S. The second-order valence-corrected chi connectivity index (χ2v) is 9.76. The molecule has 0 fully saturated rings. The Bertz CT molecular complexity index is 1400. The highest BCUT2D eigenvalue weighted by atomic mass is 79.9. The average Bonchev–Trinajstić information content (AvgIpc) is 3.06. The molecule has 6 nitrogen and oxygen atoms in total. The molecule has 0 spiro atoms. The van der Waals surface area contributed by atoms with E-state index in [9.17, 15) is 14.7 Å². The van der Waals surface area contributed by atoms with E-state index in [1.54, 1.807) is 36.6 Å². The van der Waals surface area contributed by atoms with Crippen LogP contribution in [0.15, 0.2) is 72.5 Å². The van der Waals surface area contributed by atoms with Crippen molar-refractivity contribution in [3.05, 3.63) is 93.5 Å². The highest BCUT2D eigenvalue weighted by Gasteiger charge is 2.33. The van der Waals surface area contributed by atoms with Gasteiger partial charge in [0.25, 0.3) is 5.56 Å². The zero-order valence-electron chi connectivity index (χ0n) is 17.1. The molecule has 2 aromatic carbocycles.